The van der Waals surface area contributed by atoms with E-state index in [1.165, 1.54) is 0 Å². The molecule has 3 nitrogen and oxygen atoms in total. The maximum atomic E-state index is 13.2. The van der Waals surface area contributed by atoms with E-state index in [0.29, 0.717) is 10.6 Å². The summed E-state index contributed by atoms with van der Waals surface area (Å²) in [5.74, 6) is -0.154. The minimum atomic E-state index is -0.154. The molecular formula is C23H19ClN2OS. The van der Waals surface area contributed by atoms with Crippen LogP contribution < -0.4 is 5.32 Å². The van der Waals surface area contributed by atoms with Gasteiger partial charge in [0.05, 0.1) is 21.7 Å². The van der Waals surface area contributed by atoms with Crippen LogP contribution in [0.4, 0.5) is 5.69 Å². The summed E-state index contributed by atoms with van der Waals surface area (Å²) >= 11 is 7.92. The van der Waals surface area contributed by atoms with Crippen LogP contribution >= 0.6 is 22.9 Å². The molecule has 4 rings (SSSR count). The predicted molar refractivity (Wildman–Crippen MR) is 119 cm³/mol. The Balaban J connectivity index is 1.87. The third kappa shape index (κ3) is 3.41. The number of pyridine rings is 1. The summed E-state index contributed by atoms with van der Waals surface area (Å²) in [4.78, 5) is 19.0. The number of aromatic nitrogens is 1. The number of fused-ring (bicyclic) bond motifs is 1. The van der Waals surface area contributed by atoms with Gasteiger partial charge in [0.15, 0.2) is 0 Å². The molecular weight excluding hydrogens is 388 g/mol. The van der Waals surface area contributed by atoms with Crippen LogP contribution in [0.3, 0.4) is 0 Å². The normalized spacial score (nSPS) is 11.0. The molecule has 0 aliphatic heterocycles. The lowest BCUT2D eigenvalue weighted by Crippen LogP contribution is -2.14. The van der Waals surface area contributed by atoms with Gasteiger partial charge in [-0.05, 0) is 61.5 Å². The Morgan fingerprint density at radius 2 is 1.89 bits per heavy atom. The molecule has 2 aromatic carbocycles. The van der Waals surface area contributed by atoms with Crippen molar-refractivity contribution in [1.29, 1.82) is 0 Å². The lowest BCUT2D eigenvalue weighted by Gasteiger charge is -2.13. The second-order valence-electron chi connectivity index (χ2n) is 6.87. The predicted octanol–water partition coefficient (Wildman–Crippen LogP) is 6.79. The first-order valence-corrected chi connectivity index (χ1v) is 10.2. The van der Waals surface area contributed by atoms with E-state index in [2.05, 4.69) is 11.4 Å². The Hall–Kier alpha value is -2.69. The highest BCUT2D eigenvalue weighted by molar-refractivity contribution is 7.13. The zero-order chi connectivity index (χ0) is 19.8. The Bertz CT molecular complexity index is 1200. The van der Waals surface area contributed by atoms with Crippen molar-refractivity contribution in [3.8, 4) is 10.6 Å². The molecule has 0 bridgehead atoms. The summed E-state index contributed by atoms with van der Waals surface area (Å²) in [5.41, 5.74) is 6.00. The summed E-state index contributed by atoms with van der Waals surface area (Å²) in [6.07, 6.45) is 0. The first-order chi connectivity index (χ1) is 13.4. The molecule has 0 aliphatic carbocycles. The molecule has 2 heterocycles. The van der Waals surface area contributed by atoms with Crippen LogP contribution in [-0.4, -0.2) is 10.9 Å². The molecule has 1 N–H and O–H groups in total. The van der Waals surface area contributed by atoms with Crippen LogP contribution in [0.15, 0.2) is 53.9 Å². The van der Waals surface area contributed by atoms with Crippen molar-refractivity contribution in [3.05, 3.63) is 81.2 Å². The molecule has 0 radical (unpaired) electrons. The average Bonchev–Trinajstić information content (AvgIpc) is 3.21. The van der Waals surface area contributed by atoms with E-state index in [1.807, 2.05) is 68.6 Å². The number of carbonyl (C=O) groups excluding carboxylic acids is 1. The first-order valence-electron chi connectivity index (χ1n) is 8.96. The van der Waals surface area contributed by atoms with E-state index in [-0.39, 0.29) is 5.91 Å². The van der Waals surface area contributed by atoms with Gasteiger partial charge in [-0.1, -0.05) is 41.4 Å². The number of halogens is 1. The third-order valence-corrected chi connectivity index (χ3v) is 6.12. The van der Waals surface area contributed by atoms with Crippen molar-refractivity contribution in [3.63, 3.8) is 0 Å². The number of rotatable bonds is 3. The third-order valence-electron chi connectivity index (χ3n) is 4.82. The van der Waals surface area contributed by atoms with Gasteiger partial charge < -0.3 is 5.32 Å². The molecule has 1 amide bonds. The van der Waals surface area contributed by atoms with Gasteiger partial charge in [0.25, 0.3) is 5.91 Å². The van der Waals surface area contributed by atoms with Crippen molar-refractivity contribution >= 4 is 45.4 Å². The fraction of sp³-hybridized carbons (Fsp3) is 0.130. The van der Waals surface area contributed by atoms with Crippen molar-refractivity contribution in [1.82, 2.24) is 4.98 Å². The maximum absolute atomic E-state index is 13.2. The van der Waals surface area contributed by atoms with Crippen molar-refractivity contribution in [2.45, 2.75) is 20.8 Å². The lowest BCUT2D eigenvalue weighted by atomic mass is 10.0. The molecule has 0 spiro atoms. The summed E-state index contributed by atoms with van der Waals surface area (Å²) in [6, 6.07) is 15.5. The van der Waals surface area contributed by atoms with Gasteiger partial charge in [-0.3, -0.25) is 4.79 Å². The van der Waals surface area contributed by atoms with Crippen LogP contribution in [-0.2, 0) is 0 Å². The molecule has 0 saturated carbocycles. The van der Waals surface area contributed by atoms with Gasteiger partial charge in [-0.25, -0.2) is 4.98 Å². The van der Waals surface area contributed by atoms with E-state index in [9.17, 15) is 4.79 Å². The van der Waals surface area contributed by atoms with Gasteiger partial charge in [-0.15, -0.1) is 11.3 Å². The monoisotopic (exact) mass is 406 g/mol. The number of anilines is 1. The van der Waals surface area contributed by atoms with Crippen LogP contribution in [0.5, 0.6) is 0 Å². The smallest absolute Gasteiger partial charge is 0.256 e. The Labute approximate surface area is 173 Å². The van der Waals surface area contributed by atoms with Crippen LogP contribution in [0, 0.1) is 20.8 Å². The lowest BCUT2D eigenvalue weighted by molar-refractivity contribution is 0.102. The number of benzene rings is 2. The van der Waals surface area contributed by atoms with E-state index in [4.69, 9.17) is 16.6 Å². The van der Waals surface area contributed by atoms with Gasteiger partial charge in [0, 0.05) is 16.1 Å². The molecule has 0 unspecified atom stereocenters. The second-order valence-corrected chi connectivity index (χ2v) is 8.23. The fourth-order valence-corrected chi connectivity index (χ4v) is 4.12. The second kappa shape index (κ2) is 7.38. The molecule has 0 aliphatic rings. The van der Waals surface area contributed by atoms with Gasteiger partial charge in [0.2, 0.25) is 0 Å². The van der Waals surface area contributed by atoms with Crippen LogP contribution in [0.2, 0.25) is 5.02 Å². The number of hydrogen-bond donors (Lipinski definition) is 1. The standard InChI is InChI=1S/C23H19ClN2OS/c1-13-6-9-19(14(2)11-13)26-23(27)17-12-20(21-5-4-10-28-21)25-22-15(3)18(24)8-7-16(17)22/h4-12H,1-3H3,(H,26,27). The minimum Gasteiger partial charge on any atom is -0.322 e. The molecule has 140 valence electrons. The average molecular weight is 407 g/mol. The summed E-state index contributed by atoms with van der Waals surface area (Å²) in [6.45, 7) is 5.96. The number of aryl methyl sites for hydroxylation is 3. The summed E-state index contributed by atoms with van der Waals surface area (Å²) < 4.78 is 0. The SMILES string of the molecule is Cc1ccc(NC(=O)c2cc(-c3cccs3)nc3c(C)c(Cl)ccc23)c(C)c1. The van der Waals surface area contributed by atoms with Crippen molar-refractivity contribution in [2.24, 2.45) is 0 Å². The first kappa shape index (κ1) is 18.7. The van der Waals surface area contributed by atoms with E-state index >= 15 is 0 Å². The number of carbonyl (C=O) groups is 1. The number of thiophene rings is 1. The molecule has 0 fully saturated rings. The summed E-state index contributed by atoms with van der Waals surface area (Å²) in [7, 11) is 0. The fourth-order valence-electron chi connectivity index (χ4n) is 3.29. The quantitative estimate of drug-likeness (QED) is 0.406. The van der Waals surface area contributed by atoms with Gasteiger partial charge in [-0.2, -0.15) is 0 Å². The number of hydrogen-bond acceptors (Lipinski definition) is 3. The highest BCUT2D eigenvalue weighted by Gasteiger charge is 2.17. The molecule has 5 heteroatoms. The van der Waals surface area contributed by atoms with E-state index < -0.39 is 0 Å². The Morgan fingerprint density at radius 1 is 1.07 bits per heavy atom. The molecule has 28 heavy (non-hydrogen) atoms. The number of nitrogens with zero attached hydrogens (tertiary/aromatic N) is 1. The van der Waals surface area contributed by atoms with E-state index in [0.717, 1.165) is 43.9 Å². The van der Waals surface area contributed by atoms with Crippen molar-refractivity contribution in [2.75, 3.05) is 5.32 Å². The zero-order valence-electron chi connectivity index (χ0n) is 15.8. The van der Waals surface area contributed by atoms with Crippen molar-refractivity contribution < 1.29 is 4.79 Å². The summed E-state index contributed by atoms with van der Waals surface area (Å²) in [5, 5.41) is 6.50. The minimum absolute atomic E-state index is 0.154. The van der Waals surface area contributed by atoms with Crippen LogP contribution in [0.1, 0.15) is 27.0 Å². The molecule has 0 saturated heterocycles. The van der Waals surface area contributed by atoms with Gasteiger partial charge in [0.1, 0.15) is 0 Å². The Morgan fingerprint density at radius 3 is 2.61 bits per heavy atom. The number of amides is 1. The highest BCUT2D eigenvalue weighted by atomic mass is 35.5. The topological polar surface area (TPSA) is 42.0 Å². The molecule has 2 aromatic heterocycles. The molecule has 4 aromatic rings. The molecule has 0 atom stereocenters. The maximum Gasteiger partial charge on any atom is 0.256 e. The largest absolute Gasteiger partial charge is 0.322 e. The Kier molecular flexibility index (Phi) is 4.92. The van der Waals surface area contributed by atoms with E-state index in [1.54, 1.807) is 11.3 Å². The highest BCUT2D eigenvalue weighted by Crippen LogP contribution is 2.32. The van der Waals surface area contributed by atoms with Crippen LogP contribution in [0.25, 0.3) is 21.5 Å². The van der Waals surface area contributed by atoms with Gasteiger partial charge >= 0.3 is 0 Å². The zero-order valence-corrected chi connectivity index (χ0v) is 17.4. The number of nitrogens with one attached hydrogen (secondary N) is 1.